The van der Waals surface area contributed by atoms with Gasteiger partial charge < -0.3 is 19.7 Å². The Hall–Kier alpha value is -3.28. The molecule has 2 aromatic rings. The monoisotopic (exact) mass is 569 g/mol. The smallest absolute Gasteiger partial charge is 0.427 e. The number of nitrogens with one attached hydrogen (secondary N) is 2. The third-order valence-corrected chi connectivity index (χ3v) is 6.46. The van der Waals surface area contributed by atoms with Crippen molar-refractivity contribution >= 4 is 40.4 Å². The normalized spacial score (nSPS) is 16.8. The summed E-state index contributed by atoms with van der Waals surface area (Å²) in [6.07, 6.45) is -0.607. The van der Waals surface area contributed by atoms with Gasteiger partial charge in [-0.3, -0.25) is 9.36 Å². The number of anilines is 1. The summed E-state index contributed by atoms with van der Waals surface area (Å²) < 4.78 is 27.8. The molecule has 2 N–H and O–H groups in total. The van der Waals surface area contributed by atoms with E-state index in [-0.39, 0.29) is 34.2 Å². The number of hydrogen-bond donors (Lipinski definition) is 2. The van der Waals surface area contributed by atoms with Crippen molar-refractivity contribution in [1.82, 2.24) is 14.6 Å². The van der Waals surface area contributed by atoms with E-state index in [9.17, 15) is 19.2 Å². The van der Waals surface area contributed by atoms with Gasteiger partial charge in [-0.1, -0.05) is 18.5 Å². The van der Waals surface area contributed by atoms with Crippen LogP contribution in [0.5, 0.6) is 0 Å². The maximum atomic E-state index is 15.6. The second-order valence-electron chi connectivity index (χ2n) is 11.7. The molecule has 13 heteroatoms. The molecule has 1 unspecified atom stereocenters. The number of ether oxygens (including phenoxy) is 2. The van der Waals surface area contributed by atoms with E-state index < -0.39 is 46.5 Å². The lowest BCUT2D eigenvalue weighted by Crippen LogP contribution is -2.48. The third kappa shape index (κ3) is 6.84. The highest BCUT2D eigenvalue weighted by atomic mass is 35.5. The van der Waals surface area contributed by atoms with Crippen LogP contribution in [-0.2, 0) is 9.47 Å². The van der Waals surface area contributed by atoms with E-state index in [2.05, 4.69) is 10.7 Å². The molecular formula is C26H37ClFN5O6. The molecule has 1 aliphatic heterocycles. The van der Waals surface area contributed by atoms with E-state index in [1.807, 2.05) is 6.92 Å². The lowest BCUT2D eigenvalue weighted by molar-refractivity contribution is 0.0507. The summed E-state index contributed by atoms with van der Waals surface area (Å²) in [6.45, 7) is 14.4. The second-order valence-corrected chi connectivity index (χ2v) is 12.0. The maximum Gasteiger partial charge on any atom is 0.427 e. The molecule has 3 rings (SSSR count). The predicted octanol–water partition coefficient (Wildman–Crippen LogP) is 4.51. The molecule has 0 spiro atoms. The van der Waals surface area contributed by atoms with Gasteiger partial charge in [0.1, 0.15) is 17.0 Å². The number of fused-ring (bicyclic) bond motifs is 1. The minimum Gasteiger partial charge on any atom is -0.444 e. The second kappa shape index (κ2) is 11.1. The fourth-order valence-corrected chi connectivity index (χ4v) is 4.74. The quantitative estimate of drug-likeness (QED) is 0.543. The first kappa shape index (κ1) is 30.3. The molecule has 1 fully saturated rings. The number of halogens is 2. The maximum absolute atomic E-state index is 15.6. The average molecular weight is 570 g/mol. The minimum atomic E-state index is -1.01. The summed E-state index contributed by atoms with van der Waals surface area (Å²) in [5.41, 5.74) is -1.08. The molecule has 1 saturated heterocycles. The summed E-state index contributed by atoms with van der Waals surface area (Å²) in [6, 6.07) is 0.232. The molecule has 216 valence electrons. The van der Waals surface area contributed by atoms with Crippen molar-refractivity contribution in [3.8, 4) is 0 Å². The molecule has 2 amide bonds. The van der Waals surface area contributed by atoms with Crippen LogP contribution in [0.15, 0.2) is 15.7 Å². The Morgan fingerprint density at radius 3 is 2.28 bits per heavy atom. The molecule has 1 aliphatic rings. The summed E-state index contributed by atoms with van der Waals surface area (Å²) >= 11 is 6.75. The van der Waals surface area contributed by atoms with Crippen molar-refractivity contribution in [2.75, 3.05) is 23.4 Å². The largest absolute Gasteiger partial charge is 0.444 e. The van der Waals surface area contributed by atoms with Crippen molar-refractivity contribution in [2.24, 2.45) is 0 Å². The summed E-state index contributed by atoms with van der Waals surface area (Å²) in [5.74, 6) is -0.777. The average Bonchev–Trinajstić information content (AvgIpc) is 3.22. The molecule has 1 aromatic carbocycles. The van der Waals surface area contributed by atoms with E-state index in [1.54, 1.807) is 53.4 Å². The number of alkyl carbamates (subject to hydrolysis) is 1. The van der Waals surface area contributed by atoms with Crippen LogP contribution in [0.25, 0.3) is 10.9 Å². The van der Waals surface area contributed by atoms with Gasteiger partial charge in [0.2, 0.25) is 0 Å². The Labute approximate surface area is 231 Å². The van der Waals surface area contributed by atoms with Crippen molar-refractivity contribution in [3.63, 3.8) is 0 Å². The van der Waals surface area contributed by atoms with E-state index in [0.717, 1.165) is 6.07 Å². The van der Waals surface area contributed by atoms with Crippen molar-refractivity contribution < 1.29 is 23.5 Å². The fourth-order valence-electron chi connectivity index (χ4n) is 4.34. The zero-order chi connectivity index (χ0) is 29.4. The van der Waals surface area contributed by atoms with Crippen LogP contribution in [0, 0.1) is 5.82 Å². The number of carbonyl (C=O) groups excluding carboxylic acids is 2. The number of amides is 2. The molecule has 1 aromatic heterocycles. The minimum absolute atomic E-state index is 0.0198. The van der Waals surface area contributed by atoms with Gasteiger partial charge in [0.15, 0.2) is 0 Å². The standard InChI is InChI=1S/C26H37ClFN5O6/c1-9-14(2)32-19-16(21(34)33(24(32)37)30-23(36)39-26(6,7)8)12-17(28)20(18(19)27)31-11-10-15(13-31)29-22(35)38-25(3,4)5/h12,14-15H,9-11,13H2,1-8H3,(H,29,35)(H,30,36)/t14-,15?/m1/s1. The Morgan fingerprint density at radius 2 is 1.72 bits per heavy atom. The molecule has 0 aliphatic carbocycles. The van der Waals surface area contributed by atoms with Gasteiger partial charge in [-0.2, -0.15) is 4.68 Å². The van der Waals surface area contributed by atoms with Gasteiger partial charge in [-0.25, -0.2) is 24.2 Å². The molecule has 39 heavy (non-hydrogen) atoms. The number of carbonyl (C=O) groups is 2. The Morgan fingerprint density at radius 1 is 1.13 bits per heavy atom. The van der Waals surface area contributed by atoms with Crippen LogP contribution in [0.2, 0.25) is 5.02 Å². The van der Waals surface area contributed by atoms with Gasteiger partial charge >= 0.3 is 17.9 Å². The predicted molar refractivity (Wildman–Crippen MR) is 148 cm³/mol. The Kier molecular flexibility index (Phi) is 8.59. The first-order valence-electron chi connectivity index (χ1n) is 12.9. The van der Waals surface area contributed by atoms with Crippen molar-refractivity contribution in [3.05, 3.63) is 37.7 Å². The first-order valence-corrected chi connectivity index (χ1v) is 13.2. The number of hydrogen-bond acceptors (Lipinski definition) is 7. The zero-order valence-corrected chi connectivity index (χ0v) is 24.4. The van der Waals surface area contributed by atoms with Crippen LogP contribution >= 0.6 is 11.6 Å². The topological polar surface area (TPSA) is 124 Å². The zero-order valence-electron chi connectivity index (χ0n) is 23.6. The van der Waals surface area contributed by atoms with E-state index >= 15 is 4.39 Å². The number of aromatic nitrogens is 2. The van der Waals surface area contributed by atoms with Crippen LogP contribution in [0.4, 0.5) is 19.7 Å². The lowest BCUT2D eigenvalue weighted by Gasteiger charge is -2.25. The number of nitrogens with zero attached hydrogens (tertiary/aromatic N) is 3. The fraction of sp³-hybridized carbons (Fsp3) is 0.615. The molecule has 0 saturated carbocycles. The van der Waals surface area contributed by atoms with Gasteiger partial charge in [-0.15, -0.1) is 0 Å². The van der Waals surface area contributed by atoms with Crippen LogP contribution in [0.1, 0.15) is 74.3 Å². The molecular weight excluding hydrogens is 533 g/mol. The Balaban J connectivity index is 2.08. The third-order valence-electron chi connectivity index (χ3n) is 6.10. The molecule has 2 atom stereocenters. The summed E-state index contributed by atoms with van der Waals surface area (Å²) in [5, 5.41) is 2.49. The van der Waals surface area contributed by atoms with Gasteiger partial charge in [-0.05, 0) is 67.4 Å². The van der Waals surface area contributed by atoms with Gasteiger partial charge in [0, 0.05) is 19.1 Å². The molecule has 0 bridgehead atoms. The SMILES string of the molecule is CC[C@@H](C)n1c(=O)n(NC(=O)OC(C)(C)C)c(=O)c2cc(F)c(N3CCC(NC(=O)OC(C)(C)C)C3)c(Cl)c21. The van der Waals surface area contributed by atoms with Gasteiger partial charge in [0.05, 0.1) is 27.7 Å². The van der Waals surface area contributed by atoms with Crippen LogP contribution in [-0.4, -0.2) is 51.8 Å². The van der Waals surface area contributed by atoms with Crippen LogP contribution < -0.4 is 26.9 Å². The summed E-state index contributed by atoms with van der Waals surface area (Å²) in [7, 11) is 0. The van der Waals surface area contributed by atoms with E-state index in [0.29, 0.717) is 24.1 Å². The van der Waals surface area contributed by atoms with Crippen LogP contribution in [0.3, 0.4) is 0 Å². The highest BCUT2D eigenvalue weighted by molar-refractivity contribution is 6.38. The Bertz CT molecular complexity index is 1390. The highest BCUT2D eigenvalue weighted by Crippen LogP contribution is 2.37. The van der Waals surface area contributed by atoms with E-state index in [1.165, 1.54) is 4.57 Å². The molecule has 2 heterocycles. The summed E-state index contributed by atoms with van der Waals surface area (Å²) in [4.78, 5) is 53.1. The highest BCUT2D eigenvalue weighted by Gasteiger charge is 2.32. The number of benzene rings is 1. The lowest BCUT2D eigenvalue weighted by atomic mass is 10.1. The molecule has 11 nitrogen and oxygen atoms in total. The first-order chi connectivity index (χ1) is 17.9. The van der Waals surface area contributed by atoms with Crippen molar-refractivity contribution in [2.45, 2.75) is 91.5 Å². The van der Waals surface area contributed by atoms with E-state index in [4.69, 9.17) is 21.1 Å². The number of rotatable bonds is 5. The van der Waals surface area contributed by atoms with Gasteiger partial charge in [0.25, 0.3) is 5.56 Å². The van der Waals surface area contributed by atoms with Crippen molar-refractivity contribution in [1.29, 1.82) is 0 Å². The molecule has 0 radical (unpaired) electrons.